The standard InChI is InChI=1S/C10H17N3S/c1-6(2)7(11)8-9(10(3,4)5)12-13-14-8/h7H,1,11H2,2-5H3. The first-order valence-corrected chi connectivity index (χ1v) is 5.35. The van der Waals surface area contributed by atoms with Crippen LogP contribution in [-0.4, -0.2) is 9.59 Å². The van der Waals surface area contributed by atoms with Crippen molar-refractivity contribution in [1.82, 2.24) is 9.59 Å². The molecule has 0 aliphatic carbocycles. The Morgan fingerprint density at radius 3 is 2.50 bits per heavy atom. The molecule has 0 amide bonds. The Morgan fingerprint density at radius 2 is 2.07 bits per heavy atom. The molecule has 14 heavy (non-hydrogen) atoms. The summed E-state index contributed by atoms with van der Waals surface area (Å²) in [5, 5.41) is 4.14. The lowest BCUT2D eigenvalue weighted by Crippen LogP contribution is -2.19. The zero-order valence-corrected chi connectivity index (χ0v) is 9.98. The van der Waals surface area contributed by atoms with Crippen LogP contribution in [0.3, 0.4) is 0 Å². The van der Waals surface area contributed by atoms with E-state index in [2.05, 4.69) is 36.9 Å². The minimum Gasteiger partial charge on any atom is -0.320 e. The highest BCUT2D eigenvalue weighted by Crippen LogP contribution is 2.31. The Balaban J connectivity index is 3.11. The van der Waals surface area contributed by atoms with Gasteiger partial charge in [-0.3, -0.25) is 0 Å². The van der Waals surface area contributed by atoms with Gasteiger partial charge >= 0.3 is 0 Å². The Kier molecular flexibility index (Phi) is 3.07. The number of nitrogens with zero attached hydrogens (tertiary/aromatic N) is 2. The predicted molar refractivity (Wildman–Crippen MR) is 60.4 cm³/mol. The molecule has 78 valence electrons. The highest BCUT2D eigenvalue weighted by molar-refractivity contribution is 7.05. The van der Waals surface area contributed by atoms with Crippen molar-refractivity contribution in [2.24, 2.45) is 5.73 Å². The lowest BCUT2D eigenvalue weighted by atomic mass is 9.89. The number of hydrogen-bond acceptors (Lipinski definition) is 4. The molecule has 0 saturated carbocycles. The van der Waals surface area contributed by atoms with Crippen molar-refractivity contribution < 1.29 is 0 Å². The molecule has 3 nitrogen and oxygen atoms in total. The van der Waals surface area contributed by atoms with Crippen LogP contribution in [-0.2, 0) is 5.41 Å². The van der Waals surface area contributed by atoms with Gasteiger partial charge in [0.05, 0.1) is 16.6 Å². The third kappa shape index (κ3) is 2.19. The molecule has 0 fully saturated rings. The fourth-order valence-electron chi connectivity index (χ4n) is 1.15. The Labute approximate surface area is 89.2 Å². The third-order valence-corrected chi connectivity index (χ3v) is 2.84. The molecule has 1 heterocycles. The minimum atomic E-state index is -0.135. The molecular formula is C10H17N3S. The maximum Gasteiger partial charge on any atom is 0.0860 e. The molecule has 1 rings (SSSR count). The fourth-order valence-corrected chi connectivity index (χ4v) is 2.10. The minimum absolute atomic E-state index is 0.00456. The molecule has 1 unspecified atom stereocenters. The van der Waals surface area contributed by atoms with Gasteiger partial charge in [0, 0.05) is 5.41 Å². The average molecular weight is 211 g/mol. The molecule has 1 aromatic rings. The monoisotopic (exact) mass is 211 g/mol. The summed E-state index contributed by atoms with van der Waals surface area (Å²) < 4.78 is 3.96. The van der Waals surface area contributed by atoms with E-state index >= 15 is 0 Å². The molecule has 0 aromatic carbocycles. The van der Waals surface area contributed by atoms with Crippen molar-refractivity contribution in [3.63, 3.8) is 0 Å². The second-order valence-electron chi connectivity index (χ2n) is 4.56. The first-order valence-electron chi connectivity index (χ1n) is 4.57. The summed E-state index contributed by atoms with van der Waals surface area (Å²) in [6.07, 6.45) is 0. The summed E-state index contributed by atoms with van der Waals surface area (Å²) >= 11 is 1.37. The van der Waals surface area contributed by atoms with Gasteiger partial charge in [-0.05, 0) is 18.5 Å². The van der Waals surface area contributed by atoms with Gasteiger partial charge in [-0.15, -0.1) is 5.10 Å². The molecule has 0 aliphatic heterocycles. The smallest absolute Gasteiger partial charge is 0.0860 e. The zero-order chi connectivity index (χ0) is 10.9. The van der Waals surface area contributed by atoms with Gasteiger partial charge in [-0.25, -0.2) is 0 Å². The first-order chi connectivity index (χ1) is 6.34. The summed E-state index contributed by atoms with van der Waals surface area (Å²) in [5.74, 6) is 0. The van der Waals surface area contributed by atoms with Gasteiger partial charge in [-0.2, -0.15) is 0 Å². The van der Waals surface area contributed by atoms with E-state index in [0.717, 1.165) is 16.1 Å². The second kappa shape index (κ2) is 3.79. The van der Waals surface area contributed by atoms with Crippen LogP contribution in [0.1, 0.15) is 44.3 Å². The zero-order valence-electron chi connectivity index (χ0n) is 9.16. The normalized spacial score (nSPS) is 14.1. The van der Waals surface area contributed by atoms with E-state index in [0.29, 0.717) is 0 Å². The van der Waals surface area contributed by atoms with Crippen molar-refractivity contribution in [3.05, 3.63) is 22.7 Å². The van der Waals surface area contributed by atoms with Crippen molar-refractivity contribution in [2.45, 2.75) is 39.2 Å². The summed E-state index contributed by atoms with van der Waals surface area (Å²) in [6.45, 7) is 12.1. The van der Waals surface area contributed by atoms with Gasteiger partial charge in [-0.1, -0.05) is 37.4 Å². The van der Waals surface area contributed by atoms with E-state index in [1.807, 2.05) is 6.92 Å². The van der Waals surface area contributed by atoms with Gasteiger partial charge in [0.1, 0.15) is 0 Å². The van der Waals surface area contributed by atoms with Crippen LogP contribution in [0, 0.1) is 0 Å². The van der Waals surface area contributed by atoms with E-state index in [-0.39, 0.29) is 11.5 Å². The van der Waals surface area contributed by atoms with Crippen LogP contribution in [0.4, 0.5) is 0 Å². The van der Waals surface area contributed by atoms with Gasteiger partial charge in [0.15, 0.2) is 0 Å². The fraction of sp³-hybridized carbons (Fsp3) is 0.600. The van der Waals surface area contributed by atoms with E-state index < -0.39 is 0 Å². The van der Waals surface area contributed by atoms with Crippen molar-refractivity contribution in [1.29, 1.82) is 0 Å². The van der Waals surface area contributed by atoms with Crippen molar-refractivity contribution in [3.8, 4) is 0 Å². The van der Waals surface area contributed by atoms with E-state index in [9.17, 15) is 0 Å². The Bertz CT molecular complexity index is 335. The SMILES string of the molecule is C=C(C)C(N)c1snnc1C(C)(C)C. The Morgan fingerprint density at radius 1 is 1.50 bits per heavy atom. The molecule has 1 aromatic heterocycles. The molecule has 0 radical (unpaired) electrons. The number of rotatable bonds is 2. The van der Waals surface area contributed by atoms with Crippen molar-refractivity contribution >= 4 is 11.5 Å². The van der Waals surface area contributed by atoms with Crippen LogP contribution in [0.2, 0.25) is 0 Å². The van der Waals surface area contributed by atoms with Crippen LogP contribution >= 0.6 is 11.5 Å². The lowest BCUT2D eigenvalue weighted by molar-refractivity contribution is 0.556. The molecule has 0 aliphatic rings. The van der Waals surface area contributed by atoms with Crippen LogP contribution in [0.25, 0.3) is 0 Å². The summed E-state index contributed by atoms with van der Waals surface area (Å²) in [5.41, 5.74) is 7.94. The maximum absolute atomic E-state index is 6.01. The van der Waals surface area contributed by atoms with Crippen LogP contribution < -0.4 is 5.73 Å². The van der Waals surface area contributed by atoms with E-state index in [4.69, 9.17) is 5.73 Å². The van der Waals surface area contributed by atoms with Crippen LogP contribution in [0.5, 0.6) is 0 Å². The molecular weight excluding hydrogens is 194 g/mol. The average Bonchev–Trinajstić information content (AvgIpc) is 2.48. The Hall–Kier alpha value is -0.740. The van der Waals surface area contributed by atoms with Crippen LogP contribution in [0.15, 0.2) is 12.2 Å². The summed E-state index contributed by atoms with van der Waals surface area (Å²) in [4.78, 5) is 1.03. The molecule has 2 N–H and O–H groups in total. The molecule has 0 bridgehead atoms. The predicted octanol–water partition coefficient (Wildman–Crippen LogP) is 2.41. The summed E-state index contributed by atoms with van der Waals surface area (Å²) in [7, 11) is 0. The quantitative estimate of drug-likeness (QED) is 0.764. The van der Waals surface area contributed by atoms with Gasteiger partial charge in [0.2, 0.25) is 0 Å². The molecule has 4 heteroatoms. The highest BCUT2D eigenvalue weighted by Gasteiger charge is 2.25. The largest absolute Gasteiger partial charge is 0.320 e. The molecule has 0 saturated heterocycles. The number of aromatic nitrogens is 2. The lowest BCUT2D eigenvalue weighted by Gasteiger charge is -2.19. The van der Waals surface area contributed by atoms with Crippen molar-refractivity contribution in [2.75, 3.05) is 0 Å². The first kappa shape index (κ1) is 11.3. The topological polar surface area (TPSA) is 51.8 Å². The summed E-state index contributed by atoms with van der Waals surface area (Å²) in [6, 6.07) is -0.135. The second-order valence-corrected chi connectivity index (χ2v) is 5.35. The number of nitrogens with two attached hydrogens (primary N) is 1. The molecule has 0 spiro atoms. The van der Waals surface area contributed by atoms with E-state index in [1.54, 1.807) is 0 Å². The maximum atomic E-state index is 6.01. The van der Waals surface area contributed by atoms with Gasteiger partial charge < -0.3 is 5.73 Å². The number of hydrogen-bond donors (Lipinski definition) is 1. The molecule has 1 atom stereocenters. The third-order valence-electron chi connectivity index (χ3n) is 2.04. The van der Waals surface area contributed by atoms with Gasteiger partial charge in [0.25, 0.3) is 0 Å². The van der Waals surface area contributed by atoms with E-state index in [1.165, 1.54) is 11.5 Å². The highest BCUT2D eigenvalue weighted by atomic mass is 32.1.